The van der Waals surface area contributed by atoms with Crippen molar-refractivity contribution in [1.82, 2.24) is 19.2 Å². The van der Waals surface area contributed by atoms with E-state index in [0.717, 1.165) is 33.5 Å². The van der Waals surface area contributed by atoms with Gasteiger partial charge in [-0.2, -0.15) is 4.31 Å². The van der Waals surface area contributed by atoms with E-state index in [2.05, 4.69) is 15.6 Å². The van der Waals surface area contributed by atoms with E-state index in [9.17, 15) is 23.5 Å². The minimum absolute atomic E-state index is 0.0634. The van der Waals surface area contributed by atoms with E-state index in [1.165, 1.54) is 11.4 Å². The zero-order valence-corrected chi connectivity index (χ0v) is 29.8. The Balaban J connectivity index is 1.11. The fraction of sp³-hybridized carbons (Fsp3) is 0.361. The maximum Gasteiger partial charge on any atom is 0.323 e. The first-order chi connectivity index (χ1) is 24.4. The molecule has 0 radical (unpaired) electrons. The fourth-order valence-electron chi connectivity index (χ4n) is 7.13. The number of hydrogen-bond donors (Lipinski definition) is 4. The average Bonchev–Trinajstić information content (AvgIpc) is 3.70. The predicted molar refractivity (Wildman–Crippen MR) is 189 cm³/mol. The summed E-state index contributed by atoms with van der Waals surface area (Å²) in [6, 6.07) is 13.2. The van der Waals surface area contributed by atoms with Gasteiger partial charge in [-0.15, -0.1) is 0 Å². The molecule has 0 spiro atoms. The Hall–Kier alpha value is -4.34. The van der Waals surface area contributed by atoms with E-state index in [4.69, 9.17) is 21.1 Å². The van der Waals surface area contributed by atoms with E-state index < -0.39 is 34.7 Å². The van der Waals surface area contributed by atoms with Gasteiger partial charge in [-0.1, -0.05) is 41.9 Å². The molecule has 4 N–H and O–H groups in total. The molecule has 1 aromatic heterocycles. The maximum atomic E-state index is 15.6. The number of nitrogens with zero attached hydrogens (tertiary/aromatic N) is 3. The molecule has 2 unspecified atom stereocenters. The van der Waals surface area contributed by atoms with Crippen LogP contribution in [0.2, 0.25) is 5.02 Å². The van der Waals surface area contributed by atoms with Crippen molar-refractivity contribution in [3.63, 3.8) is 0 Å². The molecule has 51 heavy (non-hydrogen) atoms. The number of carbonyl (C=O) groups excluding carboxylic acids is 1. The van der Waals surface area contributed by atoms with E-state index >= 15 is 4.39 Å². The van der Waals surface area contributed by atoms with Crippen LogP contribution in [-0.2, 0) is 49.0 Å². The molecule has 15 heteroatoms. The molecule has 0 saturated heterocycles. The zero-order chi connectivity index (χ0) is 36.2. The monoisotopic (exact) mass is 737 g/mol. The summed E-state index contributed by atoms with van der Waals surface area (Å²) < 4.78 is 51.7. The van der Waals surface area contributed by atoms with E-state index in [-0.39, 0.29) is 46.9 Å². The number of benzene rings is 3. The summed E-state index contributed by atoms with van der Waals surface area (Å²) in [5, 5.41) is 15.3. The number of ether oxygens (including phenoxy) is 2. The average molecular weight is 738 g/mol. The van der Waals surface area contributed by atoms with Gasteiger partial charge in [0, 0.05) is 49.6 Å². The first kappa shape index (κ1) is 35.1. The van der Waals surface area contributed by atoms with Gasteiger partial charge in [-0.25, -0.2) is 13.6 Å². The molecular weight excluding hydrogens is 701 g/mol. The van der Waals surface area contributed by atoms with Gasteiger partial charge in [0.1, 0.15) is 28.2 Å². The number of fused-ring (bicyclic) bond motifs is 2. The number of nitrogens with one attached hydrogen (secondary N) is 2. The largest absolute Gasteiger partial charge is 0.496 e. The van der Waals surface area contributed by atoms with Gasteiger partial charge in [0.25, 0.3) is 5.91 Å². The Morgan fingerprint density at radius 2 is 1.90 bits per heavy atom. The summed E-state index contributed by atoms with van der Waals surface area (Å²) in [5.74, 6) is -1.53. The Morgan fingerprint density at radius 1 is 1.16 bits per heavy atom. The molecule has 268 valence electrons. The van der Waals surface area contributed by atoms with Gasteiger partial charge < -0.3 is 24.5 Å². The summed E-state index contributed by atoms with van der Waals surface area (Å²) in [4.78, 5) is 29.6. The van der Waals surface area contributed by atoms with Crippen LogP contribution in [0.1, 0.15) is 69.6 Å². The first-order valence-corrected chi connectivity index (χ1v) is 18.0. The third kappa shape index (κ3) is 6.40. The molecule has 1 amide bonds. The molecule has 2 heterocycles. The number of carboxylic acids is 1. The Labute approximate surface area is 301 Å². The van der Waals surface area contributed by atoms with Crippen LogP contribution in [0.3, 0.4) is 0 Å². The lowest BCUT2D eigenvalue weighted by atomic mass is 9.93. The summed E-state index contributed by atoms with van der Waals surface area (Å²) in [6.07, 6.45) is 2.33. The van der Waals surface area contributed by atoms with Crippen molar-refractivity contribution in [2.24, 2.45) is 7.05 Å². The quantitative estimate of drug-likeness (QED) is 0.142. The summed E-state index contributed by atoms with van der Waals surface area (Å²) >= 11 is 4.39. The smallest absolute Gasteiger partial charge is 0.323 e. The number of imidazole rings is 1. The highest BCUT2D eigenvalue weighted by Gasteiger charge is 2.50. The highest BCUT2D eigenvalue weighted by Crippen LogP contribution is 2.45. The normalized spacial score (nSPS) is 18.1. The standard InChI is InChI=1S/C36H37ClFN5O7S/c1-19-20(6-5-9-25(19)41-34(44)33-40-26-18-43(51(47)48)15-12-27(26)42(33)2)21-7-4-8-23-22(21)10-11-28(23)50-30-16-29(49-3)24(32(38)31(30)37)17-39-36(13-14-36)35(45)46/h4-9,16,28,39H,10-15,17-18H2,1-3H3,(H,41,44)(H,45,46)(H,47,48). The van der Waals surface area contributed by atoms with Gasteiger partial charge in [0.2, 0.25) is 11.3 Å². The molecule has 2 aliphatic carbocycles. The molecule has 4 aromatic rings. The van der Waals surface area contributed by atoms with Gasteiger partial charge in [0.15, 0.2) is 11.6 Å². The topological polar surface area (TPSA) is 155 Å². The Kier molecular flexibility index (Phi) is 9.39. The van der Waals surface area contributed by atoms with Crippen LogP contribution in [0, 0.1) is 12.7 Å². The summed E-state index contributed by atoms with van der Waals surface area (Å²) in [5.41, 5.74) is 5.97. The van der Waals surface area contributed by atoms with Crippen molar-refractivity contribution in [2.75, 3.05) is 19.0 Å². The van der Waals surface area contributed by atoms with Crippen molar-refractivity contribution in [3.05, 3.63) is 92.8 Å². The number of carbonyl (C=O) groups is 2. The second-order valence-electron chi connectivity index (χ2n) is 13.1. The van der Waals surface area contributed by atoms with Crippen LogP contribution in [-0.4, -0.2) is 58.8 Å². The van der Waals surface area contributed by atoms with Gasteiger partial charge in [-0.3, -0.25) is 19.5 Å². The van der Waals surface area contributed by atoms with Crippen LogP contribution < -0.4 is 20.1 Å². The molecule has 7 rings (SSSR count). The van der Waals surface area contributed by atoms with E-state index in [1.807, 2.05) is 43.3 Å². The first-order valence-electron chi connectivity index (χ1n) is 16.6. The molecule has 1 aliphatic heterocycles. The third-order valence-corrected chi connectivity index (χ3v) is 11.3. The van der Waals surface area contributed by atoms with Gasteiger partial charge in [0.05, 0.1) is 19.3 Å². The number of aliphatic carboxylic acids is 1. The van der Waals surface area contributed by atoms with Crippen molar-refractivity contribution >= 4 is 40.4 Å². The lowest BCUT2D eigenvalue weighted by Crippen LogP contribution is -2.38. The highest BCUT2D eigenvalue weighted by atomic mass is 35.5. The van der Waals surface area contributed by atoms with E-state index in [0.29, 0.717) is 50.0 Å². The number of methoxy groups -OCH3 is 1. The van der Waals surface area contributed by atoms with Crippen LogP contribution in [0.25, 0.3) is 11.1 Å². The number of amides is 1. The molecule has 12 nitrogen and oxygen atoms in total. The number of aromatic nitrogens is 2. The van der Waals surface area contributed by atoms with Crippen molar-refractivity contribution in [1.29, 1.82) is 0 Å². The summed E-state index contributed by atoms with van der Waals surface area (Å²) in [7, 11) is 3.19. The van der Waals surface area contributed by atoms with Gasteiger partial charge >= 0.3 is 5.97 Å². The lowest BCUT2D eigenvalue weighted by Gasteiger charge is -2.22. The van der Waals surface area contributed by atoms with Crippen molar-refractivity contribution in [2.45, 2.75) is 63.8 Å². The molecule has 3 aromatic carbocycles. The number of halogens is 2. The second-order valence-corrected chi connectivity index (χ2v) is 14.5. The maximum absolute atomic E-state index is 15.6. The zero-order valence-electron chi connectivity index (χ0n) is 28.2. The lowest BCUT2D eigenvalue weighted by molar-refractivity contribution is -0.140. The molecule has 1 saturated carbocycles. The van der Waals surface area contributed by atoms with Gasteiger partial charge in [-0.05, 0) is 66.5 Å². The number of anilines is 1. The minimum Gasteiger partial charge on any atom is -0.496 e. The van der Waals surface area contributed by atoms with Crippen LogP contribution in [0.5, 0.6) is 11.5 Å². The molecule has 3 aliphatic rings. The minimum atomic E-state index is -2.11. The second kappa shape index (κ2) is 13.7. The van der Waals surface area contributed by atoms with Crippen LogP contribution >= 0.6 is 11.6 Å². The highest BCUT2D eigenvalue weighted by molar-refractivity contribution is 7.76. The molecule has 2 atom stereocenters. The predicted octanol–water partition coefficient (Wildman–Crippen LogP) is 5.72. The fourth-order valence-corrected chi connectivity index (χ4v) is 7.82. The van der Waals surface area contributed by atoms with Crippen LogP contribution in [0.4, 0.5) is 10.1 Å². The molecular formula is C36H37ClFN5O7S. The number of rotatable bonds is 11. The SMILES string of the molecule is COc1cc(OC2CCc3c(-c4cccc(NC(=O)c5nc6c(n5C)CCN(S(=O)O)C6)c4C)cccc32)c(Cl)c(F)c1CNC1(C(=O)O)CC1. The Morgan fingerprint density at radius 3 is 2.61 bits per heavy atom. The number of carboxylic acid groups (broad SMARTS) is 1. The van der Waals surface area contributed by atoms with Crippen molar-refractivity contribution < 1.29 is 37.3 Å². The third-order valence-electron chi connectivity index (χ3n) is 10.2. The van der Waals surface area contributed by atoms with E-state index in [1.54, 1.807) is 17.7 Å². The summed E-state index contributed by atoms with van der Waals surface area (Å²) in [6.45, 7) is 2.46. The molecule has 0 bridgehead atoms. The molecule has 1 fully saturated rings. The van der Waals surface area contributed by atoms with Crippen LogP contribution in [0.15, 0.2) is 42.5 Å². The number of hydrogen-bond acceptors (Lipinski definition) is 7. The Bertz CT molecular complexity index is 2100. The van der Waals surface area contributed by atoms with Crippen molar-refractivity contribution in [3.8, 4) is 22.6 Å².